The molecular formula is C13H15NO. The van der Waals surface area contributed by atoms with Crippen molar-refractivity contribution < 1.29 is 4.79 Å². The largest absolute Gasteiger partial charge is 0.326 e. The summed E-state index contributed by atoms with van der Waals surface area (Å²) in [6, 6.07) is 7.84. The first kappa shape index (κ1) is 11.3. The lowest BCUT2D eigenvalue weighted by Gasteiger charge is -2.04. The van der Waals surface area contributed by atoms with Crippen LogP contribution >= 0.6 is 0 Å². The number of amides is 1. The number of rotatable bonds is 4. The van der Waals surface area contributed by atoms with Crippen LogP contribution in [0, 0.1) is 12.3 Å². The van der Waals surface area contributed by atoms with Gasteiger partial charge < -0.3 is 5.32 Å². The Hall–Kier alpha value is -1.75. The number of carbonyl (C=O) groups excluding carboxylic acids is 1. The molecule has 15 heavy (non-hydrogen) atoms. The molecule has 0 unspecified atom stereocenters. The highest BCUT2D eigenvalue weighted by Gasteiger charge is 2.00. The molecule has 0 aliphatic carbocycles. The third-order valence-electron chi connectivity index (χ3n) is 2.14. The second-order valence-corrected chi connectivity index (χ2v) is 3.30. The summed E-state index contributed by atoms with van der Waals surface area (Å²) in [5.74, 6) is 2.41. The average molecular weight is 201 g/mol. The van der Waals surface area contributed by atoms with Crippen molar-refractivity contribution in [2.45, 2.75) is 26.2 Å². The number of aryl methyl sites for hydroxylation is 1. The Morgan fingerprint density at radius 2 is 2.07 bits per heavy atom. The number of terminal acetylenes is 1. The second kappa shape index (κ2) is 5.87. The number of carbonyl (C=O) groups is 1. The van der Waals surface area contributed by atoms with Gasteiger partial charge in [-0.3, -0.25) is 4.79 Å². The molecule has 1 amide bonds. The minimum absolute atomic E-state index is 0.0304. The van der Waals surface area contributed by atoms with E-state index >= 15 is 0 Å². The van der Waals surface area contributed by atoms with Crippen LogP contribution in [0.2, 0.25) is 0 Å². The third-order valence-corrected chi connectivity index (χ3v) is 2.14. The van der Waals surface area contributed by atoms with E-state index in [0.29, 0.717) is 12.8 Å². The molecular weight excluding hydrogens is 186 g/mol. The number of benzene rings is 1. The van der Waals surface area contributed by atoms with Gasteiger partial charge in [0, 0.05) is 18.5 Å². The van der Waals surface area contributed by atoms with Crippen molar-refractivity contribution in [3.8, 4) is 12.3 Å². The van der Waals surface area contributed by atoms with Gasteiger partial charge in [-0.2, -0.15) is 0 Å². The van der Waals surface area contributed by atoms with Gasteiger partial charge in [-0.15, -0.1) is 12.3 Å². The summed E-state index contributed by atoms with van der Waals surface area (Å²) in [4.78, 5) is 11.3. The Balaban J connectivity index is 2.50. The molecule has 0 aliphatic heterocycles. The molecule has 2 nitrogen and oxygen atoms in total. The van der Waals surface area contributed by atoms with E-state index in [9.17, 15) is 4.79 Å². The molecule has 1 aromatic carbocycles. The van der Waals surface area contributed by atoms with Crippen LogP contribution in [-0.4, -0.2) is 5.91 Å². The van der Waals surface area contributed by atoms with E-state index in [0.717, 1.165) is 12.1 Å². The van der Waals surface area contributed by atoms with Crippen LogP contribution < -0.4 is 5.32 Å². The molecule has 0 bridgehead atoms. The summed E-state index contributed by atoms with van der Waals surface area (Å²) in [5.41, 5.74) is 2.09. The highest BCUT2D eigenvalue weighted by molar-refractivity contribution is 5.90. The summed E-state index contributed by atoms with van der Waals surface area (Å²) >= 11 is 0. The lowest BCUT2D eigenvalue weighted by Crippen LogP contribution is -2.10. The van der Waals surface area contributed by atoms with Gasteiger partial charge in [-0.05, 0) is 24.1 Å². The van der Waals surface area contributed by atoms with E-state index < -0.39 is 0 Å². The molecule has 0 heterocycles. The zero-order valence-corrected chi connectivity index (χ0v) is 8.92. The molecule has 0 spiro atoms. The SMILES string of the molecule is C#CCCC(=O)Nc1ccc(CC)cc1. The molecule has 1 N–H and O–H groups in total. The Labute approximate surface area is 90.7 Å². The molecule has 2 heteroatoms. The van der Waals surface area contributed by atoms with Crippen molar-refractivity contribution >= 4 is 11.6 Å². The van der Waals surface area contributed by atoms with Crippen molar-refractivity contribution in [3.05, 3.63) is 29.8 Å². The highest BCUT2D eigenvalue weighted by Crippen LogP contribution is 2.10. The van der Waals surface area contributed by atoms with Crippen LogP contribution in [0.3, 0.4) is 0 Å². The molecule has 0 atom stereocenters. The van der Waals surface area contributed by atoms with Crippen molar-refractivity contribution in [1.82, 2.24) is 0 Å². The number of hydrogen-bond donors (Lipinski definition) is 1. The summed E-state index contributed by atoms with van der Waals surface area (Å²) in [7, 11) is 0. The Kier molecular flexibility index (Phi) is 4.43. The predicted molar refractivity (Wildman–Crippen MR) is 62.5 cm³/mol. The molecule has 0 aromatic heterocycles. The molecule has 0 saturated carbocycles. The van der Waals surface area contributed by atoms with Crippen LogP contribution in [-0.2, 0) is 11.2 Å². The fraction of sp³-hybridized carbons (Fsp3) is 0.308. The fourth-order valence-corrected chi connectivity index (χ4v) is 1.23. The predicted octanol–water partition coefficient (Wildman–Crippen LogP) is 2.60. The van der Waals surface area contributed by atoms with Crippen molar-refractivity contribution in [3.63, 3.8) is 0 Å². The maximum Gasteiger partial charge on any atom is 0.225 e. The number of hydrogen-bond acceptors (Lipinski definition) is 1. The summed E-state index contributed by atoms with van der Waals surface area (Å²) < 4.78 is 0. The van der Waals surface area contributed by atoms with E-state index in [-0.39, 0.29) is 5.91 Å². The van der Waals surface area contributed by atoms with Gasteiger partial charge in [0.1, 0.15) is 0 Å². The lowest BCUT2D eigenvalue weighted by atomic mass is 10.1. The average Bonchev–Trinajstić information content (AvgIpc) is 2.27. The quantitative estimate of drug-likeness (QED) is 0.745. The zero-order valence-electron chi connectivity index (χ0n) is 8.92. The maximum atomic E-state index is 11.3. The van der Waals surface area contributed by atoms with Crippen molar-refractivity contribution in [2.24, 2.45) is 0 Å². The summed E-state index contributed by atoms with van der Waals surface area (Å²) in [6.07, 6.45) is 6.95. The molecule has 0 fully saturated rings. The van der Waals surface area contributed by atoms with Gasteiger partial charge in [0.2, 0.25) is 5.91 Å². The molecule has 1 aromatic rings. The summed E-state index contributed by atoms with van der Waals surface area (Å²) in [5, 5.41) is 2.79. The van der Waals surface area contributed by atoms with Crippen molar-refractivity contribution in [2.75, 3.05) is 5.32 Å². The number of nitrogens with one attached hydrogen (secondary N) is 1. The van der Waals surface area contributed by atoms with Gasteiger partial charge in [0.05, 0.1) is 0 Å². The first-order chi connectivity index (χ1) is 7.26. The Morgan fingerprint density at radius 1 is 1.40 bits per heavy atom. The molecule has 0 saturated heterocycles. The van der Waals surface area contributed by atoms with E-state index in [4.69, 9.17) is 6.42 Å². The highest BCUT2D eigenvalue weighted by atomic mass is 16.1. The second-order valence-electron chi connectivity index (χ2n) is 3.30. The van der Waals surface area contributed by atoms with Crippen LogP contribution in [0.4, 0.5) is 5.69 Å². The molecule has 0 aliphatic rings. The van der Waals surface area contributed by atoms with Gasteiger partial charge in [0.25, 0.3) is 0 Å². The standard InChI is InChI=1S/C13H15NO/c1-3-5-6-13(15)14-12-9-7-11(4-2)8-10-12/h1,7-10H,4-6H2,2H3,(H,14,15). The van der Waals surface area contributed by atoms with Gasteiger partial charge >= 0.3 is 0 Å². The van der Waals surface area contributed by atoms with E-state index in [1.165, 1.54) is 5.56 Å². The van der Waals surface area contributed by atoms with E-state index in [1.54, 1.807) is 0 Å². The fourth-order valence-electron chi connectivity index (χ4n) is 1.23. The Bertz CT molecular complexity index is 359. The molecule has 0 radical (unpaired) electrons. The normalized spacial score (nSPS) is 9.33. The van der Waals surface area contributed by atoms with E-state index in [1.807, 2.05) is 24.3 Å². The van der Waals surface area contributed by atoms with Crippen LogP contribution in [0.5, 0.6) is 0 Å². The van der Waals surface area contributed by atoms with Gasteiger partial charge in [0.15, 0.2) is 0 Å². The minimum Gasteiger partial charge on any atom is -0.326 e. The zero-order chi connectivity index (χ0) is 11.1. The van der Waals surface area contributed by atoms with Gasteiger partial charge in [-0.1, -0.05) is 19.1 Å². The number of anilines is 1. The monoisotopic (exact) mass is 201 g/mol. The first-order valence-corrected chi connectivity index (χ1v) is 5.08. The van der Waals surface area contributed by atoms with Crippen LogP contribution in [0.15, 0.2) is 24.3 Å². The molecule has 78 valence electrons. The smallest absolute Gasteiger partial charge is 0.225 e. The Morgan fingerprint density at radius 3 is 2.60 bits per heavy atom. The lowest BCUT2D eigenvalue weighted by molar-refractivity contribution is -0.116. The third kappa shape index (κ3) is 3.86. The van der Waals surface area contributed by atoms with Crippen molar-refractivity contribution in [1.29, 1.82) is 0 Å². The maximum absolute atomic E-state index is 11.3. The van der Waals surface area contributed by atoms with Crippen LogP contribution in [0.1, 0.15) is 25.3 Å². The van der Waals surface area contributed by atoms with Gasteiger partial charge in [-0.25, -0.2) is 0 Å². The van der Waals surface area contributed by atoms with E-state index in [2.05, 4.69) is 18.2 Å². The first-order valence-electron chi connectivity index (χ1n) is 5.08. The van der Waals surface area contributed by atoms with Crippen LogP contribution in [0.25, 0.3) is 0 Å². The topological polar surface area (TPSA) is 29.1 Å². The molecule has 1 rings (SSSR count). The summed E-state index contributed by atoms with van der Waals surface area (Å²) in [6.45, 7) is 2.10. The minimum atomic E-state index is -0.0304.